The number of carbonyl (C=O) groups excluding carboxylic acids is 2. The van der Waals surface area contributed by atoms with Crippen LogP contribution in [-0.2, 0) is 14.3 Å². The minimum atomic E-state index is -0.804. The van der Waals surface area contributed by atoms with Gasteiger partial charge in [-0.2, -0.15) is 0 Å². The van der Waals surface area contributed by atoms with E-state index in [0.29, 0.717) is 19.3 Å². The Hall–Kier alpha value is -2.18. The molecule has 6 nitrogen and oxygen atoms in total. The van der Waals surface area contributed by atoms with E-state index in [4.69, 9.17) is 4.74 Å². The predicted octanol–water partition coefficient (Wildman–Crippen LogP) is 17.8. The van der Waals surface area contributed by atoms with Crippen LogP contribution in [0, 0.1) is 0 Å². The van der Waals surface area contributed by atoms with E-state index in [9.17, 15) is 19.8 Å². The van der Waals surface area contributed by atoms with E-state index in [1.807, 2.05) is 36.5 Å². The van der Waals surface area contributed by atoms with Crippen molar-refractivity contribution in [3.63, 3.8) is 0 Å². The van der Waals surface area contributed by atoms with Crippen LogP contribution in [0.3, 0.4) is 0 Å². The molecule has 3 unspecified atom stereocenters. The first-order chi connectivity index (χ1) is 32.5. The molecule has 1 amide bonds. The smallest absolute Gasteiger partial charge is 0.306 e. The number of ether oxygens (including phenoxy) is 1. The van der Waals surface area contributed by atoms with Crippen molar-refractivity contribution in [1.82, 2.24) is 5.32 Å². The maximum atomic E-state index is 13.2. The van der Waals surface area contributed by atoms with Crippen LogP contribution < -0.4 is 5.32 Å². The summed E-state index contributed by atoms with van der Waals surface area (Å²) < 4.78 is 5.91. The number of hydrogen-bond donors (Lipinski definition) is 3. The van der Waals surface area contributed by atoms with Crippen LogP contribution >= 0.6 is 0 Å². The van der Waals surface area contributed by atoms with Gasteiger partial charge in [-0.05, 0) is 38.5 Å². The molecule has 0 saturated heterocycles. The number of hydrogen-bond acceptors (Lipinski definition) is 5. The molecule has 0 aromatic rings. The zero-order valence-electron chi connectivity index (χ0n) is 44.1. The number of aliphatic hydroxyl groups is 2. The van der Waals surface area contributed by atoms with Gasteiger partial charge >= 0.3 is 5.97 Å². The van der Waals surface area contributed by atoms with Crippen molar-refractivity contribution < 1.29 is 24.5 Å². The molecule has 0 aromatic carbocycles. The van der Waals surface area contributed by atoms with E-state index in [1.165, 1.54) is 193 Å². The van der Waals surface area contributed by atoms with E-state index in [-0.39, 0.29) is 24.9 Å². The van der Waals surface area contributed by atoms with Gasteiger partial charge in [0.25, 0.3) is 0 Å². The number of unbranched alkanes of at least 4 members (excludes halogenated alkanes) is 35. The lowest BCUT2D eigenvalue weighted by molar-refractivity contribution is -0.151. The molecular formula is C60H111NO5. The second-order valence-electron chi connectivity index (χ2n) is 19.8. The number of carbonyl (C=O) groups is 2. The fraction of sp³-hybridized carbons (Fsp3) is 0.833. The Morgan fingerprint density at radius 2 is 0.818 bits per heavy atom. The van der Waals surface area contributed by atoms with Gasteiger partial charge in [0.2, 0.25) is 5.91 Å². The summed E-state index contributed by atoms with van der Waals surface area (Å²) in [5.41, 5.74) is 0. The molecule has 0 heterocycles. The molecule has 3 atom stereocenters. The Bertz CT molecular complexity index is 1130. The van der Waals surface area contributed by atoms with Gasteiger partial charge in [-0.15, -0.1) is 0 Å². The average Bonchev–Trinajstić information content (AvgIpc) is 3.31. The summed E-state index contributed by atoms with van der Waals surface area (Å²) >= 11 is 0. The number of rotatable bonds is 52. The zero-order chi connectivity index (χ0) is 48.1. The van der Waals surface area contributed by atoms with Crippen molar-refractivity contribution >= 4 is 11.9 Å². The molecule has 386 valence electrons. The molecule has 0 aliphatic carbocycles. The van der Waals surface area contributed by atoms with E-state index >= 15 is 0 Å². The molecule has 0 aromatic heterocycles. The molecule has 3 N–H and O–H groups in total. The molecule has 0 aliphatic rings. The lowest BCUT2D eigenvalue weighted by atomic mass is 10.0. The van der Waals surface area contributed by atoms with Crippen molar-refractivity contribution in [2.45, 2.75) is 315 Å². The lowest BCUT2D eigenvalue weighted by Gasteiger charge is -2.24. The van der Waals surface area contributed by atoms with Crippen LogP contribution in [0.5, 0.6) is 0 Å². The highest BCUT2D eigenvalue weighted by atomic mass is 16.5. The zero-order valence-corrected chi connectivity index (χ0v) is 44.1. The molecule has 0 radical (unpaired) electrons. The molecule has 0 spiro atoms. The number of esters is 1. The Balaban J connectivity index is 4.45. The van der Waals surface area contributed by atoms with Gasteiger partial charge in [-0.3, -0.25) is 9.59 Å². The molecule has 6 heteroatoms. The van der Waals surface area contributed by atoms with Crippen LogP contribution in [-0.4, -0.2) is 46.9 Å². The molecular weight excluding hydrogens is 815 g/mol. The van der Waals surface area contributed by atoms with Gasteiger partial charge in [0.05, 0.1) is 25.2 Å². The van der Waals surface area contributed by atoms with Crippen LogP contribution in [0.1, 0.15) is 297 Å². The van der Waals surface area contributed by atoms with Crippen molar-refractivity contribution in [3.05, 3.63) is 48.6 Å². The van der Waals surface area contributed by atoms with Crippen LogP contribution in [0.2, 0.25) is 0 Å². The van der Waals surface area contributed by atoms with Gasteiger partial charge in [0, 0.05) is 6.42 Å². The van der Waals surface area contributed by atoms with Crippen molar-refractivity contribution in [3.8, 4) is 0 Å². The molecule has 0 bridgehead atoms. The van der Waals surface area contributed by atoms with Crippen LogP contribution in [0.4, 0.5) is 0 Å². The number of aliphatic hydroxyl groups excluding tert-OH is 2. The first-order valence-corrected chi connectivity index (χ1v) is 28.9. The Morgan fingerprint density at radius 1 is 0.455 bits per heavy atom. The summed E-state index contributed by atoms with van der Waals surface area (Å²) in [4.78, 5) is 26.2. The first kappa shape index (κ1) is 63.8. The van der Waals surface area contributed by atoms with Crippen molar-refractivity contribution in [2.75, 3.05) is 6.61 Å². The number of amides is 1. The average molecular weight is 927 g/mol. The summed E-state index contributed by atoms with van der Waals surface area (Å²) in [5.74, 6) is -0.529. The fourth-order valence-corrected chi connectivity index (χ4v) is 8.92. The number of nitrogens with one attached hydrogen (secondary N) is 1. The summed E-state index contributed by atoms with van der Waals surface area (Å²) in [6.45, 7) is 6.36. The van der Waals surface area contributed by atoms with Crippen LogP contribution in [0.15, 0.2) is 48.6 Å². The maximum Gasteiger partial charge on any atom is 0.306 e. The number of allylic oxidation sites excluding steroid dienone is 8. The predicted molar refractivity (Wildman–Crippen MR) is 287 cm³/mol. The van der Waals surface area contributed by atoms with E-state index in [2.05, 4.69) is 38.2 Å². The third-order valence-electron chi connectivity index (χ3n) is 13.3. The van der Waals surface area contributed by atoms with E-state index < -0.39 is 18.2 Å². The normalized spacial score (nSPS) is 13.5. The largest absolute Gasteiger partial charge is 0.462 e. The quantitative estimate of drug-likeness (QED) is 0.0321. The minimum absolute atomic E-state index is 0.0347. The maximum absolute atomic E-state index is 13.2. The SMILES string of the molecule is CC/C=C/C=C/C=C\C=C/CCCC(CC(=O)NC(CO)C(O)CCCCCCCCCCCCCCCCCCC)OC(=O)CCCCCCCCCCCCCCCCCCCCC. The third-order valence-corrected chi connectivity index (χ3v) is 13.3. The standard InChI is InChI=1S/C60H111NO5/c1-4-7-10-13-16-19-22-24-26-28-29-31-33-35-38-41-44-47-50-53-60(65)66-56(51-48-45-42-39-36-21-18-15-12-9-6-3)54-59(64)61-57(55-62)58(63)52-49-46-43-40-37-34-32-30-27-25-23-20-17-14-11-8-5-2/h9,12,15,18,21,36,39,42,56-58,62-63H,4-8,10-11,13-14,16-17,19-20,22-35,37-38,40-41,43-55H2,1-3H3,(H,61,64)/b12-9+,18-15+,36-21-,42-39-. The van der Waals surface area contributed by atoms with Crippen LogP contribution in [0.25, 0.3) is 0 Å². The summed E-state index contributed by atoms with van der Waals surface area (Å²) in [6, 6.07) is -0.722. The van der Waals surface area contributed by atoms with Crippen molar-refractivity contribution in [2.24, 2.45) is 0 Å². The van der Waals surface area contributed by atoms with E-state index in [1.54, 1.807) is 0 Å². The first-order valence-electron chi connectivity index (χ1n) is 28.9. The molecule has 0 saturated carbocycles. The molecule has 0 aliphatic heterocycles. The van der Waals surface area contributed by atoms with Gasteiger partial charge in [-0.25, -0.2) is 0 Å². The van der Waals surface area contributed by atoms with Gasteiger partial charge in [0.15, 0.2) is 0 Å². The lowest BCUT2D eigenvalue weighted by Crippen LogP contribution is -2.46. The fourth-order valence-electron chi connectivity index (χ4n) is 8.92. The topological polar surface area (TPSA) is 95.9 Å². The molecule has 0 fully saturated rings. The van der Waals surface area contributed by atoms with E-state index in [0.717, 1.165) is 57.8 Å². The van der Waals surface area contributed by atoms with Crippen molar-refractivity contribution in [1.29, 1.82) is 0 Å². The van der Waals surface area contributed by atoms with Gasteiger partial charge < -0.3 is 20.3 Å². The Kier molecular flexibility index (Phi) is 52.0. The second-order valence-corrected chi connectivity index (χ2v) is 19.8. The monoisotopic (exact) mass is 926 g/mol. The second kappa shape index (κ2) is 53.8. The Morgan fingerprint density at radius 3 is 1.21 bits per heavy atom. The highest BCUT2D eigenvalue weighted by Gasteiger charge is 2.24. The summed E-state index contributed by atoms with van der Waals surface area (Å²) in [5, 5.41) is 23.8. The molecule has 0 rings (SSSR count). The highest BCUT2D eigenvalue weighted by Crippen LogP contribution is 2.18. The minimum Gasteiger partial charge on any atom is -0.462 e. The Labute approximate surface area is 410 Å². The van der Waals surface area contributed by atoms with Gasteiger partial charge in [0.1, 0.15) is 6.10 Å². The van der Waals surface area contributed by atoms with Gasteiger partial charge in [-0.1, -0.05) is 294 Å². The third kappa shape index (κ3) is 48.3. The summed E-state index contributed by atoms with van der Waals surface area (Å²) in [7, 11) is 0. The highest BCUT2D eigenvalue weighted by molar-refractivity contribution is 5.77. The summed E-state index contributed by atoms with van der Waals surface area (Å²) in [6.07, 6.45) is 66.3. The molecule has 66 heavy (non-hydrogen) atoms.